The first-order chi connectivity index (χ1) is 18.9. The summed E-state index contributed by atoms with van der Waals surface area (Å²) in [7, 11) is 2.10. The fraction of sp³-hybridized carbons (Fsp3) is 0.379. The third-order valence-electron chi connectivity index (χ3n) is 6.52. The van der Waals surface area contributed by atoms with E-state index in [1.807, 2.05) is 45.0 Å². The van der Waals surface area contributed by atoms with Gasteiger partial charge < -0.3 is 24.2 Å². The zero-order chi connectivity index (χ0) is 27.4. The number of likely N-dealkylation sites (tertiary alicyclic amines) is 1. The van der Waals surface area contributed by atoms with Crippen LogP contribution in [0.15, 0.2) is 52.0 Å². The number of hydrogen-bond donors (Lipinski definition) is 1. The summed E-state index contributed by atoms with van der Waals surface area (Å²) in [6.45, 7) is 8.50. The molecule has 0 bridgehead atoms. The summed E-state index contributed by atoms with van der Waals surface area (Å²) in [6, 6.07) is 9.40. The van der Waals surface area contributed by atoms with Crippen molar-refractivity contribution in [1.29, 1.82) is 0 Å². The van der Waals surface area contributed by atoms with Gasteiger partial charge in [0.1, 0.15) is 29.4 Å². The maximum Gasteiger partial charge on any atom is 0.268 e. The van der Waals surface area contributed by atoms with Crippen LogP contribution < -0.4 is 15.6 Å². The Morgan fingerprint density at radius 1 is 1.23 bits per heavy atom. The van der Waals surface area contributed by atoms with Crippen LogP contribution in [0.4, 0.5) is 11.6 Å². The second-order valence-electron chi connectivity index (χ2n) is 9.89. The van der Waals surface area contributed by atoms with Crippen molar-refractivity contribution in [1.82, 2.24) is 24.6 Å². The molecule has 1 aromatic carbocycles. The molecule has 0 radical (unpaired) electrons. The van der Waals surface area contributed by atoms with Gasteiger partial charge in [0.05, 0.1) is 24.9 Å². The highest BCUT2D eigenvalue weighted by Gasteiger charge is 2.21. The average Bonchev–Trinajstić information content (AvgIpc) is 3.56. The number of nitrogens with zero attached hydrogens (tertiary/aromatic N) is 5. The van der Waals surface area contributed by atoms with Crippen LogP contribution in [-0.2, 0) is 11.3 Å². The zero-order valence-electron chi connectivity index (χ0n) is 22.6. The summed E-state index contributed by atoms with van der Waals surface area (Å²) in [4.78, 5) is 25.0. The summed E-state index contributed by atoms with van der Waals surface area (Å²) >= 11 is 0. The highest BCUT2D eigenvalue weighted by Crippen LogP contribution is 2.24. The fourth-order valence-electron chi connectivity index (χ4n) is 4.58. The van der Waals surface area contributed by atoms with Crippen LogP contribution in [0.5, 0.6) is 5.75 Å². The number of benzene rings is 1. The number of rotatable bonds is 8. The minimum atomic E-state index is -0.283. The Morgan fingerprint density at radius 3 is 2.77 bits per heavy atom. The molecule has 4 aromatic rings. The van der Waals surface area contributed by atoms with Crippen molar-refractivity contribution in [2.45, 2.75) is 45.8 Å². The molecule has 5 rings (SSSR count). The average molecular weight is 529 g/mol. The van der Waals surface area contributed by atoms with E-state index in [-0.39, 0.29) is 24.1 Å². The first-order valence-electron chi connectivity index (χ1n) is 13.1. The van der Waals surface area contributed by atoms with Crippen molar-refractivity contribution in [3.63, 3.8) is 0 Å². The van der Waals surface area contributed by atoms with Gasteiger partial charge in [0.25, 0.3) is 5.56 Å². The Hall–Kier alpha value is -4.36. The predicted octanol–water partition coefficient (Wildman–Crippen LogP) is 4.12. The van der Waals surface area contributed by atoms with E-state index in [1.54, 1.807) is 23.0 Å². The number of anilines is 2. The third-order valence-corrected chi connectivity index (χ3v) is 6.52. The first kappa shape index (κ1) is 26.3. The summed E-state index contributed by atoms with van der Waals surface area (Å²) in [5.41, 5.74) is 2.10. The molecular weight excluding hydrogens is 496 g/mol. The quantitative estimate of drug-likeness (QED) is 0.338. The number of ether oxygens (including phenoxy) is 2. The van der Waals surface area contributed by atoms with E-state index in [0.717, 1.165) is 42.3 Å². The van der Waals surface area contributed by atoms with Gasteiger partial charge in [-0.25, -0.2) is 4.98 Å². The van der Waals surface area contributed by atoms with E-state index in [1.165, 1.54) is 0 Å². The lowest BCUT2D eigenvalue weighted by Gasteiger charge is -2.14. The fourth-order valence-corrected chi connectivity index (χ4v) is 4.58. The van der Waals surface area contributed by atoms with Gasteiger partial charge >= 0.3 is 0 Å². The van der Waals surface area contributed by atoms with Crippen molar-refractivity contribution in [2.75, 3.05) is 32.1 Å². The minimum Gasteiger partial charge on any atom is -0.489 e. The topological polar surface area (TPSA) is 108 Å². The van der Waals surface area contributed by atoms with Gasteiger partial charge in [-0.15, -0.1) is 0 Å². The summed E-state index contributed by atoms with van der Waals surface area (Å²) in [5.74, 6) is 4.84. The zero-order valence-corrected chi connectivity index (χ0v) is 22.6. The molecule has 1 aliphatic rings. The normalized spacial score (nSPS) is 15.4. The highest BCUT2D eigenvalue weighted by atomic mass is 16.5. The molecule has 0 amide bonds. The summed E-state index contributed by atoms with van der Waals surface area (Å²) < 4.78 is 18.3. The van der Waals surface area contributed by atoms with E-state index in [0.29, 0.717) is 29.2 Å². The molecule has 1 saturated heterocycles. The molecule has 1 aliphatic heterocycles. The van der Waals surface area contributed by atoms with Gasteiger partial charge in [-0.2, -0.15) is 4.98 Å². The Kier molecular flexibility index (Phi) is 7.79. The van der Waals surface area contributed by atoms with Crippen LogP contribution in [0.2, 0.25) is 0 Å². The molecule has 1 fully saturated rings. The standard InChI is InChI=1S/C29H32N6O4/c1-5-37-13-11-20-14-21-15-30-29(32-23-6-8-24(9-7-23)38-25-10-12-34(4)18-25)33-27(21)35(28(20)36)17-22-16-31-39-26(22)19(2)3/h6-9,14-16,19,25H,5,10,12,17-18H2,1-4H3,(H,30,32,33). The molecule has 1 N–H and O–H groups in total. The van der Waals surface area contributed by atoms with Gasteiger partial charge in [0.15, 0.2) is 0 Å². The second kappa shape index (κ2) is 11.6. The second-order valence-corrected chi connectivity index (χ2v) is 9.89. The number of likely N-dealkylation sites (N-methyl/N-ethyl adjacent to an activating group) is 1. The van der Waals surface area contributed by atoms with Crippen molar-refractivity contribution >= 4 is 22.7 Å². The number of hydrogen-bond acceptors (Lipinski definition) is 9. The van der Waals surface area contributed by atoms with E-state index >= 15 is 0 Å². The molecule has 4 heterocycles. The number of nitrogens with one attached hydrogen (secondary N) is 1. The van der Waals surface area contributed by atoms with Crippen LogP contribution in [0.1, 0.15) is 50.0 Å². The molecule has 0 saturated carbocycles. The smallest absolute Gasteiger partial charge is 0.268 e. The SMILES string of the molecule is CCOC#Cc1cc2cnc(Nc3ccc(OC4CCN(C)C4)cc3)nc2n(Cc2cnoc2C(C)C)c1=O. The number of aromatic nitrogens is 4. The van der Waals surface area contributed by atoms with Crippen molar-refractivity contribution in [3.8, 4) is 17.8 Å². The molecule has 10 nitrogen and oxygen atoms in total. The first-order valence-corrected chi connectivity index (χ1v) is 13.1. The van der Waals surface area contributed by atoms with Gasteiger partial charge in [-0.05, 0) is 56.6 Å². The van der Waals surface area contributed by atoms with Gasteiger partial charge in [-0.1, -0.05) is 19.0 Å². The predicted molar refractivity (Wildman–Crippen MR) is 148 cm³/mol. The largest absolute Gasteiger partial charge is 0.489 e. The molecule has 1 atom stereocenters. The highest BCUT2D eigenvalue weighted by molar-refractivity contribution is 5.77. The third kappa shape index (κ3) is 6.04. The summed E-state index contributed by atoms with van der Waals surface area (Å²) in [5, 5.41) is 7.86. The van der Waals surface area contributed by atoms with E-state index in [4.69, 9.17) is 19.0 Å². The molecule has 1 unspecified atom stereocenters. The molecule has 202 valence electrons. The van der Waals surface area contributed by atoms with Crippen LogP contribution in [0, 0.1) is 12.0 Å². The Bertz CT molecular complexity index is 1560. The maximum atomic E-state index is 13.5. The monoisotopic (exact) mass is 528 g/mol. The molecule has 10 heteroatoms. The van der Waals surface area contributed by atoms with Gasteiger partial charge in [0.2, 0.25) is 5.95 Å². The van der Waals surface area contributed by atoms with Gasteiger partial charge in [-0.3, -0.25) is 9.36 Å². The van der Waals surface area contributed by atoms with Crippen LogP contribution in [-0.4, -0.2) is 57.4 Å². The molecule has 3 aromatic heterocycles. The lowest BCUT2D eigenvalue weighted by molar-refractivity contribution is 0.208. The summed E-state index contributed by atoms with van der Waals surface area (Å²) in [6.07, 6.45) is 7.13. The van der Waals surface area contributed by atoms with E-state index in [2.05, 4.69) is 39.4 Å². The number of pyridine rings is 1. The molecule has 39 heavy (non-hydrogen) atoms. The Balaban J connectivity index is 1.45. The van der Waals surface area contributed by atoms with Crippen molar-refractivity contribution in [3.05, 3.63) is 70.0 Å². The maximum absolute atomic E-state index is 13.5. The molecule has 0 aliphatic carbocycles. The van der Waals surface area contributed by atoms with E-state index in [9.17, 15) is 4.79 Å². The van der Waals surface area contributed by atoms with Crippen LogP contribution in [0.25, 0.3) is 11.0 Å². The van der Waals surface area contributed by atoms with Crippen molar-refractivity contribution < 1.29 is 14.0 Å². The van der Waals surface area contributed by atoms with Crippen molar-refractivity contribution in [2.24, 2.45) is 0 Å². The lowest BCUT2D eigenvalue weighted by atomic mass is 10.1. The molecular formula is C29H32N6O4. The van der Waals surface area contributed by atoms with Crippen LogP contribution >= 0.6 is 0 Å². The number of fused-ring (bicyclic) bond motifs is 1. The van der Waals surface area contributed by atoms with E-state index < -0.39 is 0 Å². The Labute approximate surface area is 226 Å². The lowest BCUT2D eigenvalue weighted by Crippen LogP contribution is -2.25. The Morgan fingerprint density at radius 2 is 2.05 bits per heavy atom. The molecule has 0 spiro atoms. The minimum absolute atomic E-state index is 0.110. The van der Waals surface area contributed by atoms with Crippen LogP contribution in [0.3, 0.4) is 0 Å². The van der Waals surface area contributed by atoms with Gasteiger partial charge in [0, 0.05) is 41.8 Å².